The minimum absolute atomic E-state index is 0.486. The second-order valence-corrected chi connectivity index (χ2v) is 5.77. The molecule has 0 heterocycles. The summed E-state index contributed by atoms with van der Waals surface area (Å²) in [6.07, 6.45) is 1.07. The van der Waals surface area contributed by atoms with Crippen molar-refractivity contribution in [1.82, 2.24) is 5.32 Å². The van der Waals surface area contributed by atoms with E-state index in [-0.39, 0.29) is 0 Å². The van der Waals surface area contributed by atoms with Crippen LogP contribution in [0.25, 0.3) is 0 Å². The van der Waals surface area contributed by atoms with Gasteiger partial charge in [-0.2, -0.15) is 0 Å². The van der Waals surface area contributed by atoms with Crippen molar-refractivity contribution in [2.75, 3.05) is 5.32 Å². The summed E-state index contributed by atoms with van der Waals surface area (Å²) >= 11 is 0. The van der Waals surface area contributed by atoms with Crippen molar-refractivity contribution in [1.29, 1.82) is 0 Å². The predicted octanol–water partition coefficient (Wildman–Crippen LogP) is 3.55. The van der Waals surface area contributed by atoms with E-state index < -0.39 is 18.0 Å². The van der Waals surface area contributed by atoms with Gasteiger partial charge in [-0.3, -0.25) is 10.1 Å². The van der Waals surface area contributed by atoms with Crippen LogP contribution in [0.1, 0.15) is 43.4 Å². The summed E-state index contributed by atoms with van der Waals surface area (Å²) in [7, 11) is 0. The van der Waals surface area contributed by atoms with Crippen LogP contribution in [0.4, 0.5) is 10.5 Å². The number of anilines is 1. The van der Waals surface area contributed by atoms with Gasteiger partial charge in [-0.05, 0) is 35.6 Å². The first kappa shape index (κ1) is 17.5. The second kappa shape index (κ2) is 8.15. The van der Waals surface area contributed by atoms with Crippen molar-refractivity contribution >= 4 is 17.6 Å². The smallest absolute Gasteiger partial charge is 0.318 e. The first-order chi connectivity index (χ1) is 11.5. The van der Waals surface area contributed by atoms with Crippen molar-refractivity contribution in [2.45, 2.75) is 32.2 Å². The van der Waals surface area contributed by atoms with Crippen molar-refractivity contribution in [2.24, 2.45) is 5.73 Å². The SMILES string of the molecule is CC[C@H](C)c1ccc(N[C@@H](C(=O)NC(N)=O)c2ccccc2)cc1. The molecule has 0 fully saturated rings. The van der Waals surface area contributed by atoms with E-state index >= 15 is 0 Å². The number of benzene rings is 2. The quantitative estimate of drug-likeness (QED) is 0.759. The lowest BCUT2D eigenvalue weighted by atomic mass is 9.98. The van der Waals surface area contributed by atoms with Gasteiger partial charge in [0.05, 0.1) is 0 Å². The van der Waals surface area contributed by atoms with Crippen LogP contribution in [0.3, 0.4) is 0 Å². The zero-order valence-electron chi connectivity index (χ0n) is 14.0. The summed E-state index contributed by atoms with van der Waals surface area (Å²) in [6.45, 7) is 4.33. The summed E-state index contributed by atoms with van der Waals surface area (Å²) in [6, 6.07) is 15.6. The normalized spacial score (nSPS) is 12.9. The first-order valence-electron chi connectivity index (χ1n) is 8.03. The number of nitrogens with two attached hydrogens (primary N) is 1. The molecule has 2 aromatic carbocycles. The number of carbonyl (C=O) groups is 2. The molecule has 0 saturated carbocycles. The van der Waals surface area contributed by atoms with E-state index in [0.717, 1.165) is 17.7 Å². The number of primary amides is 1. The van der Waals surface area contributed by atoms with E-state index in [2.05, 4.69) is 24.5 Å². The molecule has 126 valence electrons. The van der Waals surface area contributed by atoms with Gasteiger partial charge in [-0.25, -0.2) is 4.79 Å². The van der Waals surface area contributed by atoms with E-state index in [4.69, 9.17) is 5.73 Å². The Morgan fingerprint density at radius 2 is 1.62 bits per heavy atom. The minimum Gasteiger partial charge on any atom is -0.370 e. The van der Waals surface area contributed by atoms with Crippen LogP contribution < -0.4 is 16.4 Å². The highest BCUT2D eigenvalue weighted by Crippen LogP contribution is 2.24. The van der Waals surface area contributed by atoms with Crippen LogP contribution >= 0.6 is 0 Å². The first-order valence-corrected chi connectivity index (χ1v) is 8.03. The van der Waals surface area contributed by atoms with Gasteiger partial charge in [0.25, 0.3) is 5.91 Å². The summed E-state index contributed by atoms with van der Waals surface area (Å²) < 4.78 is 0. The molecule has 3 amide bonds. The number of imide groups is 1. The van der Waals surface area contributed by atoms with E-state index in [1.165, 1.54) is 5.56 Å². The Hall–Kier alpha value is -2.82. The average molecular weight is 325 g/mol. The Morgan fingerprint density at radius 1 is 1.00 bits per heavy atom. The molecule has 0 aliphatic rings. The maximum absolute atomic E-state index is 12.3. The molecule has 2 rings (SSSR count). The summed E-state index contributed by atoms with van der Waals surface area (Å²) in [5.41, 5.74) is 7.88. The highest BCUT2D eigenvalue weighted by atomic mass is 16.2. The molecule has 0 aliphatic carbocycles. The molecular formula is C19H23N3O2. The fourth-order valence-corrected chi connectivity index (χ4v) is 2.45. The van der Waals surface area contributed by atoms with Crippen molar-refractivity contribution in [3.05, 3.63) is 65.7 Å². The van der Waals surface area contributed by atoms with Crippen LogP contribution in [0.5, 0.6) is 0 Å². The summed E-state index contributed by atoms with van der Waals surface area (Å²) in [5.74, 6) is 0.00170. The van der Waals surface area contributed by atoms with Gasteiger partial charge in [0.2, 0.25) is 0 Å². The number of carbonyl (C=O) groups excluding carboxylic acids is 2. The van der Waals surface area contributed by atoms with Crippen LogP contribution in [0, 0.1) is 0 Å². The topological polar surface area (TPSA) is 84.2 Å². The van der Waals surface area contributed by atoms with Crippen LogP contribution in [0.2, 0.25) is 0 Å². The molecule has 5 nitrogen and oxygen atoms in total. The number of rotatable bonds is 6. The number of hydrogen-bond donors (Lipinski definition) is 3. The zero-order chi connectivity index (χ0) is 17.5. The average Bonchev–Trinajstić information content (AvgIpc) is 2.59. The van der Waals surface area contributed by atoms with Gasteiger partial charge in [0, 0.05) is 5.69 Å². The van der Waals surface area contributed by atoms with Crippen molar-refractivity contribution < 1.29 is 9.59 Å². The molecule has 0 spiro atoms. The third kappa shape index (κ3) is 4.59. The third-order valence-electron chi connectivity index (χ3n) is 4.04. The Bertz CT molecular complexity index is 684. The molecule has 5 heteroatoms. The fourth-order valence-electron chi connectivity index (χ4n) is 2.45. The highest BCUT2D eigenvalue weighted by Gasteiger charge is 2.21. The number of amides is 3. The standard InChI is InChI=1S/C19H23N3O2/c1-3-13(2)14-9-11-16(12-10-14)21-17(18(23)22-19(20)24)15-7-5-4-6-8-15/h4-13,17,21H,3H2,1-2H3,(H3,20,22,23,24)/t13-,17+/m0/s1. The molecule has 0 radical (unpaired) electrons. The molecule has 0 aliphatic heterocycles. The Morgan fingerprint density at radius 3 is 2.17 bits per heavy atom. The molecule has 0 unspecified atom stereocenters. The molecule has 2 aromatic rings. The van der Waals surface area contributed by atoms with Gasteiger partial charge in [0.15, 0.2) is 0 Å². The lowest BCUT2D eigenvalue weighted by Crippen LogP contribution is -2.40. The largest absolute Gasteiger partial charge is 0.370 e. The molecule has 4 N–H and O–H groups in total. The zero-order valence-corrected chi connectivity index (χ0v) is 14.0. The second-order valence-electron chi connectivity index (χ2n) is 5.77. The maximum Gasteiger partial charge on any atom is 0.318 e. The van der Waals surface area contributed by atoms with E-state index in [9.17, 15) is 9.59 Å². The molecular weight excluding hydrogens is 302 g/mol. The lowest BCUT2D eigenvalue weighted by Gasteiger charge is -2.19. The number of nitrogens with one attached hydrogen (secondary N) is 2. The fraction of sp³-hybridized carbons (Fsp3) is 0.263. The monoisotopic (exact) mass is 325 g/mol. The Kier molecular flexibility index (Phi) is 5.95. The van der Waals surface area contributed by atoms with Gasteiger partial charge in [-0.1, -0.05) is 56.3 Å². The molecule has 2 atom stereocenters. The van der Waals surface area contributed by atoms with E-state index in [1.807, 2.05) is 54.6 Å². The van der Waals surface area contributed by atoms with E-state index in [1.54, 1.807) is 0 Å². The van der Waals surface area contributed by atoms with Gasteiger partial charge in [0.1, 0.15) is 6.04 Å². The van der Waals surface area contributed by atoms with Gasteiger partial charge in [-0.15, -0.1) is 0 Å². The summed E-state index contributed by atoms with van der Waals surface area (Å²) in [4.78, 5) is 23.3. The molecule has 0 saturated heterocycles. The Balaban J connectivity index is 2.22. The van der Waals surface area contributed by atoms with Crippen LogP contribution in [-0.4, -0.2) is 11.9 Å². The van der Waals surface area contributed by atoms with Crippen molar-refractivity contribution in [3.63, 3.8) is 0 Å². The number of urea groups is 1. The summed E-state index contributed by atoms with van der Waals surface area (Å²) in [5, 5.41) is 5.30. The van der Waals surface area contributed by atoms with Gasteiger partial charge >= 0.3 is 6.03 Å². The third-order valence-corrected chi connectivity index (χ3v) is 4.04. The number of hydrogen-bond acceptors (Lipinski definition) is 3. The molecule has 24 heavy (non-hydrogen) atoms. The molecule has 0 aromatic heterocycles. The predicted molar refractivity (Wildman–Crippen MR) is 95.7 cm³/mol. The van der Waals surface area contributed by atoms with Crippen LogP contribution in [0.15, 0.2) is 54.6 Å². The van der Waals surface area contributed by atoms with Crippen LogP contribution in [-0.2, 0) is 4.79 Å². The highest BCUT2D eigenvalue weighted by molar-refractivity contribution is 5.98. The van der Waals surface area contributed by atoms with Gasteiger partial charge < -0.3 is 11.1 Å². The Labute approximate surface area is 142 Å². The van der Waals surface area contributed by atoms with Crippen molar-refractivity contribution in [3.8, 4) is 0 Å². The van der Waals surface area contributed by atoms with E-state index in [0.29, 0.717) is 5.92 Å². The maximum atomic E-state index is 12.3. The lowest BCUT2D eigenvalue weighted by molar-refractivity contribution is -0.120. The minimum atomic E-state index is -0.866. The molecule has 0 bridgehead atoms.